The van der Waals surface area contributed by atoms with Gasteiger partial charge < -0.3 is 9.47 Å². The first kappa shape index (κ1) is 24.8. The average molecular weight is 505 g/mol. The van der Waals surface area contributed by atoms with Crippen LogP contribution in [0.4, 0.5) is 15.8 Å². The number of carbonyl (C=O) groups is 2. The monoisotopic (exact) mass is 504 g/mol. The maximum absolute atomic E-state index is 13.7. The van der Waals surface area contributed by atoms with Crippen LogP contribution in [-0.4, -0.2) is 31.1 Å². The van der Waals surface area contributed by atoms with Crippen molar-refractivity contribution in [1.82, 2.24) is 0 Å². The zero-order chi connectivity index (χ0) is 25.9. The fraction of sp³-hybridized carbons (Fsp3) is 0.310. The van der Waals surface area contributed by atoms with Crippen LogP contribution in [0.3, 0.4) is 0 Å². The number of carbonyl (C=O) groups excluding carboxylic acids is 2. The van der Waals surface area contributed by atoms with E-state index in [0.717, 1.165) is 29.0 Å². The number of hydrogen-bond acceptors (Lipinski definition) is 6. The number of halogens is 1. The molecule has 0 spiro atoms. The fourth-order valence-electron chi connectivity index (χ4n) is 4.82. The molecule has 37 heavy (non-hydrogen) atoms. The highest BCUT2D eigenvalue weighted by atomic mass is 19.1. The molecule has 5 rings (SSSR count). The van der Waals surface area contributed by atoms with E-state index >= 15 is 0 Å². The Bertz CT molecular complexity index is 1270. The third-order valence-corrected chi connectivity index (χ3v) is 6.58. The molecule has 2 aliphatic rings. The molecule has 0 unspecified atom stereocenters. The molecule has 0 N–H and O–H groups in total. The van der Waals surface area contributed by atoms with Crippen LogP contribution < -0.4 is 19.4 Å². The van der Waals surface area contributed by atoms with E-state index in [2.05, 4.69) is 6.92 Å². The van der Waals surface area contributed by atoms with Crippen LogP contribution in [-0.2, 0) is 14.4 Å². The van der Waals surface area contributed by atoms with Crippen molar-refractivity contribution in [3.05, 3.63) is 84.2 Å². The Morgan fingerprint density at radius 3 is 2.32 bits per heavy atom. The number of hydrogen-bond donors (Lipinski definition) is 0. The van der Waals surface area contributed by atoms with Gasteiger partial charge in [-0.15, -0.1) is 0 Å². The lowest BCUT2D eigenvalue weighted by atomic mass is 9.90. The van der Waals surface area contributed by atoms with Crippen LogP contribution in [0.1, 0.15) is 38.3 Å². The number of rotatable bonds is 9. The van der Waals surface area contributed by atoms with Crippen LogP contribution in [0.2, 0.25) is 0 Å². The van der Waals surface area contributed by atoms with Crippen molar-refractivity contribution in [3.63, 3.8) is 0 Å². The maximum atomic E-state index is 13.7. The highest BCUT2D eigenvalue weighted by molar-refractivity contribution is 6.23. The highest BCUT2D eigenvalue weighted by Crippen LogP contribution is 2.48. The standard InChI is InChI=1S/C29H29FN2O5/c1-3-5-17-36-23-16-11-19(18-24(23)35-4-2)26-25-27(37-32(26)22-9-7-6-8-10-22)29(34)31(28(25)33)21-14-12-20(30)13-15-21/h6-16,18,25-27H,3-5,17H2,1-2H3/t25-,26-,27-/m0/s1. The van der Waals surface area contributed by atoms with Gasteiger partial charge >= 0.3 is 0 Å². The summed E-state index contributed by atoms with van der Waals surface area (Å²) in [4.78, 5) is 34.4. The molecule has 2 fully saturated rings. The van der Waals surface area contributed by atoms with Gasteiger partial charge in [-0.2, -0.15) is 0 Å². The summed E-state index contributed by atoms with van der Waals surface area (Å²) in [6, 6.07) is 19.6. The molecule has 3 atom stereocenters. The first-order chi connectivity index (χ1) is 18.0. The third kappa shape index (κ3) is 4.64. The highest BCUT2D eigenvalue weighted by Gasteiger charge is 2.60. The predicted molar refractivity (Wildman–Crippen MR) is 137 cm³/mol. The van der Waals surface area contributed by atoms with Crippen LogP contribution in [0.15, 0.2) is 72.8 Å². The predicted octanol–water partition coefficient (Wildman–Crippen LogP) is 5.45. The Labute approximate surface area is 215 Å². The smallest absolute Gasteiger partial charge is 0.266 e. The summed E-state index contributed by atoms with van der Waals surface area (Å²) in [5.74, 6) is -0.931. The van der Waals surface area contributed by atoms with Crippen LogP contribution in [0, 0.1) is 11.7 Å². The molecular formula is C29H29FN2O5. The Kier molecular flexibility index (Phi) is 7.10. The zero-order valence-electron chi connectivity index (χ0n) is 20.8. The van der Waals surface area contributed by atoms with Gasteiger partial charge in [0.1, 0.15) is 11.7 Å². The number of para-hydroxylation sites is 1. The van der Waals surface area contributed by atoms with Crippen molar-refractivity contribution < 1.29 is 28.3 Å². The number of amides is 2. The minimum absolute atomic E-state index is 0.314. The number of ether oxygens (including phenoxy) is 2. The molecule has 8 heteroatoms. The van der Waals surface area contributed by atoms with E-state index in [1.807, 2.05) is 55.5 Å². The van der Waals surface area contributed by atoms with Gasteiger partial charge in [0.05, 0.1) is 30.6 Å². The van der Waals surface area contributed by atoms with Gasteiger partial charge in [-0.25, -0.2) is 14.4 Å². The average Bonchev–Trinajstić information content (AvgIpc) is 3.42. The van der Waals surface area contributed by atoms with Crippen molar-refractivity contribution in [2.24, 2.45) is 5.92 Å². The Balaban J connectivity index is 1.55. The van der Waals surface area contributed by atoms with E-state index in [4.69, 9.17) is 14.3 Å². The first-order valence-electron chi connectivity index (χ1n) is 12.6. The molecule has 0 aliphatic carbocycles. The zero-order valence-corrected chi connectivity index (χ0v) is 20.8. The van der Waals surface area contributed by atoms with E-state index in [-0.39, 0.29) is 0 Å². The van der Waals surface area contributed by atoms with Crippen molar-refractivity contribution in [1.29, 1.82) is 0 Å². The van der Waals surface area contributed by atoms with Crippen molar-refractivity contribution in [3.8, 4) is 11.5 Å². The van der Waals surface area contributed by atoms with Gasteiger partial charge in [0.25, 0.3) is 5.91 Å². The quantitative estimate of drug-likeness (QED) is 0.285. The van der Waals surface area contributed by atoms with Crippen molar-refractivity contribution >= 4 is 23.2 Å². The molecule has 0 aromatic heterocycles. The van der Waals surface area contributed by atoms with Gasteiger partial charge in [-0.1, -0.05) is 37.6 Å². The lowest BCUT2D eigenvalue weighted by molar-refractivity contribution is -0.126. The Hall–Kier alpha value is -3.91. The number of unbranched alkanes of at least 4 members (excludes halogenated alkanes) is 1. The number of fused-ring (bicyclic) bond motifs is 1. The summed E-state index contributed by atoms with van der Waals surface area (Å²) in [6.07, 6.45) is 0.918. The lowest BCUT2D eigenvalue weighted by Gasteiger charge is -2.29. The molecule has 2 amide bonds. The van der Waals surface area contributed by atoms with Gasteiger partial charge in [-0.3, -0.25) is 14.4 Å². The molecule has 192 valence electrons. The summed E-state index contributed by atoms with van der Waals surface area (Å²) in [5, 5.41) is 1.63. The third-order valence-electron chi connectivity index (χ3n) is 6.58. The molecule has 0 bridgehead atoms. The second-order valence-electron chi connectivity index (χ2n) is 8.99. The number of hydroxylamine groups is 1. The number of benzene rings is 3. The van der Waals surface area contributed by atoms with E-state index in [9.17, 15) is 14.0 Å². The van der Waals surface area contributed by atoms with Crippen LogP contribution in [0.5, 0.6) is 11.5 Å². The van der Waals surface area contributed by atoms with Crippen LogP contribution in [0.25, 0.3) is 0 Å². The molecule has 2 saturated heterocycles. The SMILES string of the molecule is CCCCOc1ccc([C@H]2[C@@H]3C(=O)N(c4ccc(F)cc4)C(=O)[C@H]3ON2c2ccccc2)cc1OCC. The molecule has 3 aromatic carbocycles. The second kappa shape index (κ2) is 10.6. The second-order valence-corrected chi connectivity index (χ2v) is 8.99. The summed E-state index contributed by atoms with van der Waals surface area (Å²) in [6.45, 7) is 5.01. The minimum atomic E-state index is -1.02. The molecular weight excluding hydrogens is 475 g/mol. The van der Waals surface area contributed by atoms with Gasteiger partial charge in [0, 0.05) is 0 Å². The molecule has 2 heterocycles. The van der Waals surface area contributed by atoms with Gasteiger partial charge in [0.15, 0.2) is 17.6 Å². The van der Waals surface area contributed by atoms with E-state index in [1.54, 1.807) is 5.06 Å². The topological polar surface area (TPSA) is 68.3 Å². The molecule has 7 nitrogen and oxygen atoms in total. The fourth-order valence-corrected chi connectivity index (χ4v) is 4.82. The number of anilines is 2. The molecule has 0 radical (unpaired) electrons. The Morgan fingerprint density at radius 2 is 1.62 bits per heavy atom. The molecule has 0 saturated carbocycles. The van der Waals surface area contributed by atoms with Crippen molar-refractivity contribution in [2.75, 3.05) is 23.2 Å². The number of nitrogens with zero attached hydrogens (tertiary/aromatic N) is 2. The Morgan fingerprint density at radius 1 is 0.865 bits per heavy atom. The maximum Gasteiger partial charge on any atom is 0.266 e. The van der Waals surface area contributed by atoms with Crippen molar-refractivity contribution in [2.45, 2.75) is 38.8 Å². The van der Waals surface area contributed by atoms with Gasteiger partial charge in [-0.05, 0) is 67.4 Å². The first-order valence-corrected chi connectivity index (χ1v) is 12.6. The lowest BCUT2D eigenvalue weighted by Crippen LogP contribution is -2.37. The molecule has 3 aromatic rings. The largest absolute Gasteiger partial charge is 0.490 e. The van der Waals surface area contributed by atoms with E-state index in [1.165, 1.54) is 24.3 Å². The van der Waals surface area contributed by atoms with Crippen LogP contribution >= 0.6 is 0 Å². The summed E-state index contributed by atoms with van der Waals surface area (Å²) in [5.41, 5.74) is 1.79. The normalized spacial score (nSPS) is 20.9. The summed E-state index contributed by atoms with van der Waals surface area (Å²) < 4.78 is 25.3. The van der Waals surface area contributed by atoms with Gasteiger partial charge in [0.2, 0.25) is 5.91 Å². The van der Waals surface area contributed by atoms with E-state index < -0.39 is 35.7 Å². The number of imide groups is 1. The van der Waals surface area contributed by atoms with E-state index in [0.29, 0.717) is 30.4 Å². The summed E-state index contributed by atoms with van der Waals surface area (Å²) in [7, 11) is 0. The minimum Gasteiger partial charge on any atom is -0.490 e. The summed E-state index contributed by atoms with van der Waals surface area (Å²) >= 11 is 0. The molecule has 2 aliphatic heterocycles.